The third kappa shape index (κ3) is 2.57. The van der Waals surface area contributed by atoms with Crippen molar-refractivity contribution in [3.8, 4) is 11.5 Å². The molecule has 0 bridgehead atoms. The van der Waals surface area contributed by atoms with E-state index in [1.807, 2.05) is 0 Å². The lowest BCUT2D eigenvalue weighted by Crippen LogP contribution is -2.62. The average Bonchev–Trinajstić information content (AvgIpc) is 2.91. The van der Waals surface area contributed by atoms with E-state index in [0.717, 1.165) is 12.8 Å². The van der Waals surface area contributed by atoms with Crippen molar-refractivity contribution < 1.29 is 19.0 Å². The van der Waals surface area contributed by atoms with Gasteiger partial charge in [0.1, 0.15) is 15.6 Å². The van der Waals surface area contributed by atoms with Crippen LogP contribution in [0.4, 0.5) is 0 Å². The molecule has 1 aliphatic carbocycles. The molecule has 0 radical (unpaired) electrons. The summed E-state index contributed by atoms with van der Waals surface area (Å²) in [5.41, 5.74) is 5.38. The highest BCUT2D eigenvalue weighted by Crippen LogP contribution is 2.66. The summed E-state index contributed by atoms with van der Waals surface area (Å²) in [6, 6.07) is 0. The Hall–Kier alpha value is -0.660. The fourth-order valence-corrected chi connectivity index (χ4v) is 6.30. The molecule has 3 aliphatic rings. The highest BCUT2D eigenvalue weighted by atomic mass is 35.5. The van der Waals surface area contributed by atoms with Crippen molar-refractivity contribution in [1.29, 1.82) is 0 Å². The molecule has 2 atom stereocenters. The van der Waals surface area contributed by atoms with Gasteiger partial charge < -0.3 is 19.9 Å². The Morgan fingerprint density at radius 1 is 1.07 bits per heavy atom. The van der Waals surface area contributed by atoms with Gasteiger partial charge in [0.15, 0.2) is 17.1 Å². The van der Waals surface area contributed by atoms with Crippen LogP contribution in [0, 0.1) is 0 Å². The predicted octanol–water partition coefficient (Wildman–Crippen LogP) is 5.56. The third-order valence-corrected chi connectivity index (χ3v) is 8.17. The molecular weight excluding hydrogens is 456 g/mol. The Bertz CT molecular complexity index is 892. The maximum absolute atomic E-state index is 12.7. The largest absolute Gasteiger partial charge is 0.471 e. The van der Waals surface area contributed by atoms with E-state index in [4.69, 9.17) is 66.3 Å². The van der Waals surface area contributed by atoms with Gasteiger partial charge in [-0.1, -0.05) is 58.2 Å². The fraction of sp³-hybridized carbons (Fsp3) is 0.471. The molecule has 0 spiro atoms. The minimum Gasteiger partial charge on any atom is -0.471 e. The van der Waals surface area contributed by atoms with Gasteiger partial charge in [0.25, 0.3) is 0 Å². The maximum Gasteiger partial charge on any atom is 0.340 e. The van der Waals surface area contributed by atoms with E-state index >= 15 is 0 Å². The van der Waals surface area contributed by atoms with Gasteiger partial charge in [-0.05, 0) is 26.2 Å². The molecule has 4 rings (SSSR count). The Labute approximate surface area is 180 Å². The molecule has 146 valence electrons. The van der Waals surface area contributed by atoms with E-state index in [2.05, 4.69) is 0 Å². The van der Waals surface area contributed by atoms with Crippen LogP contribution < -0.4 is 15.2 Å². The zero-order valence-corrected chi connectivity index (χ0v) is 18.0. The Kier molecular flexibility index (Phi) is 4.87. The van der Waals surface area contributed by atoms with E-state index in [1.54, 1.807) is 6.92 Å². The highest BCUT2D eigenvalue weighted by Gasteiger charge is 2.69. The lowest BCUT2D eigenvalue weighted by Gasteiger charge is -2.51. The minimum atomic E-state index is -1.14. The summed E-state index contributed by atoms with van der Waals surface area (Å²) >= 11 is 26.4. The second-order valence-corrected chi connectivity index (χ2v) is 9.28. The van der Waals surface area contributed by atoms with Crippen LogP contribution in [0.3, 0.4) is 0 Å². The van der Waals surface area contributed by atoms with Crippen molar-refractivity contribution >= 4 is 64.1 Å². The Morgan fingerprint density at radius 2 is 1.67 bits per heavy atom. The molecule has 1 aromatic carbocycles. The molecule has 5 nitrogen and oxygen atoms in total. The summed E-state index contributed by atoms with van der Waals surface area (Å²) in [4.78, 5) is 11.8. The summed E-state index contributed by atoms with van der Waals surface area (Å²) in [7, 11) is 0. The number of carbonyl (C=O) groups excluding carboxylic acids is 1. The van der Waals surface area contributed by atoms with Crippen LogP contribution in [-0.2, 0) is 9.53 Å². The van der Waals surface area contributed by atoms with Crippen molar-refractivity contribution in [2.45, 2.75) is 43.1 Å². The Balaban J connectivity index is 1.94. The summed E-state index contributed by atoms with van der Waals surface area (Å²) in [5.74, 6) is -0.162. The summed E-state index contributed by atoms with van der Waals surface area (Å²) in [6.45, 7) is 1.95. The molecule has 2 unspecified atom stereocenters. The number of hydrogen-bond donors (Lipinski definition) is 1. The van der Waals surface area contributed by atoms with Crippen LogP contribution in [0.2, 0.25) is 20.1 Å². The standard InChI is InChI=1S/C17H15Cl4NO4S/c1-2-24-15(23)7-14(22)27-17-6-4-3-5-16(7,17)25-12-10(20)8(18)9(19)11(21)13(12)26-17/h2-6,22H2,1H3. The van der Waals surface area contributed by atoms with Gasteiger partial charge in [-0.25, -0.2) is 4.79 Å². The van der Waals surface area contributed by atoms with Crippen molar-refractivity contribution in [1.82, 2.24) is 0 Å². The number of ether oxygens (including phenoxy) is 3. The van der Waals surface area contributed by atoms with E-state index in [1.165, 1.54) is 11.8 Å². The number of nitrogens with two attached hydrogens (primary N) is 1. The smallest absolute Gasteiger partial charge is 0.340 e. The summed E-state index contributed by atoms with van der Waals surface area (Å²) in [6.07, 6.45) is 2.82. The number of esters is 1. The molecule has 2 heterocycles. The zero-order chi connectivity index (χ0) is 19.6. The number of halogens is 4. The van der Waals surface area contributed by atoms with Crippen molar-refractivity contribution in [3.05, 3.63) is 30.7 Å². The second-order valence-electron chi connectivity index (χ2n) is 6.47. The first-order valence-electron chi connectivity index (χ1n) is 8.38. The monoisotopic (exact) mass is 469 g/mol. The molecule has 27 heavy (non-hydrogen) atoms. The normalized spacial score (nSPS) is 28.6. The molecule has 1 aromatic rings. The molecule has 2 aliphatic heterocycles. The van der Waals surface area contributed by atoms with Crippen LogP contribution >= 0.6 is 58.2 Å². The first-order chi connectivity index (χ1) is 12.8. The number of benzene rings is 1. The minimum absolute atomic E-state index is 0.0608. The van der Waals surface area contributed by atoms with Crippen molar-refractivity contribution in [2.24, 2.45) is 5.73 Å². The lowest BCUT2D eigenvalue weighted by atomic mass is 9.75. The van der Waals surface area contributed by atoms with Gasteiger partial charge >= 0.3 is 5.97 Å². The fourth-order valence-electron chi connectivity index (χ4n) is 3.92. The third-order valence-electron chi connectivity index (χ3n) is 5.03. The summed E-state index contributed by atoms with van der Waals surface area (Å²) < 4.78 is 18.0. The number of fused-ring (bicyclic) bond motifs is 1. The van der Waals surface area contributed by atoms with Gasteiger partial charge in [-0.2, -0.15) is 0 Å². The number of carbonyl (C=O) groups is 1. The molecule has 1 fully saturated rings. The van der Waals surface area contributed by atoms with Crippen molar-refractivity contribution in [2.75, 3.05) is 6.61 Å². The number of rotatable bonds is 2. The molecule has 0 amide bonds. The van der Waals surface area contributed by atoms with E-state index in [9.17, 15) is 4.79 Å². The van der Waals surface area contributed by atoms with Gasteiger partial charge in [0, 0.05) is 6.42 Å². The molecule has 0 aromatic heterocycles. The second kappa shape index (κ2) is 6.70. The SMILES string of the molecule is CCOC(=O)C1=C(N)SC23CCCCC12Oc1c(Cl)c(Cl)c(Cl)c(Cl)c1O3. The van der Waals surface area contributed by atoms with E-state index < -0.39 is 16.5 Å². The van der Waals surface area contributed by atoms with Crippen molar-refractivity contribution in [3.63, 3.8) is 0 Å². The topological polar surface area (TPSA) is 70.8 Å². The van der Waals surface area contributed by atoms with Gasteiger partial charge in [0.2, 0.25) is 4.93 Å². The van der Waals surface area contributed by atoms with E-state index in [-0.39, 0.29) is 43.8 Å². The molecule has 1 saturated carbocycles. The first-order valence-corrected chi connectivity index (χ1v) is 10.7. The number of hydrogen-bond acceptors (Lipinski definition) is 6. The van der Waals surface area contributed by atoms with Crippen LogP contribution in [0.5, 0.6) is 11.5 Å². The molecule has 2 N–H and O–H groups in total. The van der Waals surface area contributed by atoms with Crippen LogP contribution in [0.25, 0.3) is 0 Å². The van der Waals surface area contributed by atoms with Gasteiger partial charge in [0.05, 0.1) is 21.7 Å². The van der Waals surface area contributed by atoms with Crippen LogP contribution in [0.15, 0.2) is 10.6 Å². The number of thioether (sulfide) groups is 1. The molecule has 10 heteroatoms. The van der Waals surface area contributed by atoms with Crippen LogP contribution in [-0.4, -0.2) is 23.1 Å². The summed E-state index contributed by atoms with van der Waals surface area (Å²) in [5, 5.41) is 0.643. The molecular formula is C17H15Cl4NO4S. The first kappa shape index (κ1) is 19.6. The van der Waals surface area contributed by atoms with Gasteiger partial charge in [-0.15, -0.1) is 0 Å². The zero-order valence-electron chi connectivity index (χ0n) is 14.2. The maximum atomic E-state index is 12.7. The lowest BCUT2D eigenvalue weighted by molar-refractivity contribution is -0.146. The average molecular weight is 471 g/mol. The van der Waals surface area contributed by atoms with Gasteiger partial charge in [-0.3, -0.25) is 0 Å². The quantitative estimate of drug-likeness (QED) is 0.346. The Morgan fingerprint density at radius 3 is 2.30 bits per heavy atom. The predicted molar refractivity (Wildman–Crippen MR) is 107 cm³/mol. The molecule has 0 saturated heterocycles. The highest BCUT2D eigenvalue weighted by molar-refractivity contribution is 8.04. The van der Waals surface area contributed by atoms with E-state index in [0.29, 0.717) is 17.9 Å². The van der Waals surface area contributed by atoms with Crippen LogP contribution in [0.1, 0.15) is 32.6 Å².